The van der Waals surface area contributed by atoms with Gasteiger partial charge in [0, 0.05) is 0 Å². The molecular weight excluding hydrogens is 203 g/mol. The molecular formula is C11H10Cl2. The minimum Gasteiger partial charge on any atom is -0.122 e. The fourth-order valence-electron chi connectivity index (χ4n) is 0.830. The molecule has 0 aliphatic heterocycles. The molecule has 0 saturated heterocycles. The molecule has 0 aliphatic carbocycles. The lowest BCUT2D eigenvalue weighted by Gasteiger charge is -1.95. The van der Waals surface area contributed by atoms with Gasteiger partial charge in [-0.2, -0.15) is 0 Å². The van der Waals surface area contributed by atoms with Crippen molar-refractivity contribution in [2.75, 3.05) is 0 Å². The van der Waals surface area contributed by atoms with Crippen LogP contribution in [0.5, 0.6) is 0 Å². The molecule has 0 atom stereocenters. The Kier molecular flexibility index (Phi) is 3.62. The maximum atomic E-state index is 5.84. The Bertz CT molecular complexity index is 368. The quantitative estimate of drug-likeness (QED) is 0.599. The lowest BCUT2D eigenvalue weighted by atomic mass is 10.2. The van der Waals surface area contributed by atoms with Gasteiger partial charge in [-0.15, -0.1) is 5.73 Å². The SMILES string of the molecule is CC(C)=C=Cc1ccc(Cl)c(Cl)c1. The van der Waals surface area contributed by atoms with Gasteiger partial charge in [-0.05, 0) is 43.2 Å². The van der Waals surface area contributed by atoms with Crippen molar-refractivity contribution < 1.29 is 0 Å². The molecule has 1 aromatic rings. The van der Waals surface area contributed by atoms with Crippen molar-refractivity contribution in [1.29, 1.82) is 0 Å². The van der Waals surface area contributed by atoms with Crippen LogP contribution in [0.3, 0.4) is 0 Å². The summed E-state index contributed by atoms with van der Waals surface area (Å²) in [5.41, 5.74) is 5.24. The van der Waals surface area contributed by atoms with E-state index in [1.165, 1.54) is 0 Å². The molecule has 0 N–H and O–H groups in total. The Hall–Kier alpha value is -0.680. The Morgan fingerprint density at radius 1 is 1.23 bits per heavy atom. The fraction of sp³-hybridized carbons (Fsp3) is 0.182. The van der Waals surface area contributed by atoms with E-state index in [-0.39, 0.29) is 0 Å². The lowest BCUT2D eigenvalue weighted by Crippen LogP contribution is -1.72. The second kappa shape index (κ2) is 4.53. The Morgan fingerprint density at radius 2 is 1.92 bits per heavy atom. The van der Waals surface area contributed by atoms with E-state index >= 15 is 0 Å². The molecule has 0 amide bonds. The van der Waals surface area contributed by atoms with E-state index in [1.807, 2.05) is 32.1 Å². The lowest BCUT2D eigenvalue weighted by molar-refractivity contribution is 1.41. The molecule has 0 aromatic heterocycles. The van der Waals surface area contributed by atoms with Crippen molar-refractivity contribution in [1.82, 2.24) is 0 Å². The van der Waals surface area contributed by atoms with E-state index in [2.05, 4.69) is 5.73 Å². The van der Waals surface area contributed by atoms with Crippen molar-refractivity contribution in [2.24, 2.45) is 0 Å². The standard InChI is InChI=1S/C11H10Cl2/c1-8(2)3-4-9-5-6-10(12)11(13)7-9/h4-7H,1-2H3. The van der Waals surface area contributed by atoms with Gasteiger partial charge in [-0.1, -0.05) is 29.3 Å². The van der Waals surface area contributed by atoms with E-state index in [0.717, 1.165) is 11.1 Å². The molecule has 0 bridgehead atoms. The average molecular weight is 213 g/mol. The van der Waals surface area contributed by atoms with Crippen LogP contribution in [0.25, 0.3) is 6.08 Å². The van der Waals surface area contributed by atoms with Crippen LogP contribution in [0.15, 0.2) is 29.5 Å². The summed E-state index contributed by atoms with van der Waals surface area (Å²) in [4.78, 5) is 0. The molecule has 1 aromatic carbocycles. The monoisotopic (exact) mass is 212 g/mol. The van der Waals surface area contributed by atoms with E-state index < -0.39 is 0 Å². The molecule has 2 heteroatoms. The smallest absolute Gasteiger partial charge is 0.0598 e. The number of hydrogen-bond acceptors (Lipinski definition) is 0. The second-order valence-electron chi connectivity index (χ2n) is 2.96. The van der Waals surface area contributed by atoms with Gasteiger partial charge in [-0.3, -0.25) is 0 Å². The largest absolute Gasteiger partial charge is 0.122 e. The molecule has 1 rings (SSSR count). The van der Waals surface area contributed by atoms with Gasteiger partial charge >= 0.3 is 0 Å². The molecule has 68 valence electrons. The highest BCUT2D eigenvalue weighted by atomic mass is 35.5. The van der Waals surface area contributed by atoms with Crippen molar-refractivity contribution >= 4 is 29.3 Å². The molecule has 0 unspecified atom stereocenters. The third-order valence-corrected chi connectivity index (χ3v) is 2.21. The summed E-state index contributed by atoms with van der Waals surface area (Å²) in [6.07, 6.45) is 1.89. The van der Waals surface area contributed by atoms with Gasteiger partial charge in [0.1, 0.15) is 0 Å². The van der Waals surface area contributed by atoms with Crippen LogP contribution in [-0.4, -0.2) is 0 Å². The maximum Gasteiger partial charge on any atom is 0.0598 e. The van der Waals surface area contributed by atoms with Crippen molar-refractivity contribution in [3.8, 4) is 0 Å². The zero-order valence-corrected chi connectivity index (χ0v) is 9.08. The predicted molar refractivity (Wildman–Crippen MR) is 59.3 cm³/mol. The molecule has 0 nitrogen and oxygen atoms in total. The van der Waals surface area contributed by atoms with Gasteiger partial charge in [0.15, 0.2) is 0 Å². The minimum atomic E-state index is 0.575. The van der Waals surface area contributed by atoms with Crippen molar-refractivity contribution in [3.63, 3.8) is 0 Å². The highest BCUT2D eigenvalue weighted by Gasteiger charge is 1.95. The maximum absolute atomic E-state index is 5.84. The van der Waals surface area contributed by atoms with Gasteiger partial charge in [0.05, 0.1) is 10.0 Å². The molecule has 0 aliphatic rings. The van der Waals surface area contributed by atoms with E-state index in [0.29, 0.717) is 10.0 Å². The first-order valence-electron chi connectivity index (χ1n) is 3.94. The Morgan fingerprint density at radius 3 is 2.46 bits per heavy atom. The second-order valence-corrected chi connectivity index (χ2v) is 3.78. The first-order chi connectivity index (χ1) is 6.09. The Labute approximate surface area is 88.5 Å². The van der Waals surface area contributed by atoms with Crippen LogP contribution in [0.2, 0.25) is 10.0 Å². The van der Waals surface area contributed by atoms with Crippen LogP contribution < -0.4 is 0 Å². The summed E-state index contributed by atoms with van der Waals surface area (Å²) in [5, 5.41) is 1.15. The molecule has 0 saturated carbocycles. The summed E-state index contributed by atoms with van der Waals surface area (Å²) in [5.74, 6) is 0. The number of halogens is 2. The van der Waals surface area contributed by atoms with Crippen LogP contribution >= 0.6 is 23.2 Å². The summed E-state index contributed by atoms with van der Waals surface area (Å²) in [7, 11) is 0. The fourth-order valence-corrected chi connectivity index (χ4v) is 1.14. The van der Waals surface area contributed by atoms with Crippen LogP contribution in [0.1, 0.15) is 19.4 Å². The summed E-state index contributed by atoms with van der Waals surface area (Å²) in [6.45, 7) is 3.99. The number of allylic oxidation sites excluding steroid dienone is 1. The summed E-state index contributed by atoms with van der Waals surface area (Å²) < 4.78 is 0. The molecule has 0 heterocycles. The Balaban J connectivity index is 3.06. The molecule has 0 spiro atoms. The van der Waals surface area contributed by atoms with Crippen molar-refractivity contribution in [2.45, 2.75) is 13.8 Å². The minimum absolute atomic E-state index is 0.575. The molecule has 13 heavy (non-hydrogen) atoms. The molecule has 0 fully saturated rings. The van der Waals surface area contributed by atoms with Gasteiger partial charge in [0.2, 0.25) is 0 Å². The number of benzene rings is 1. The van der Waals surface area contributed by atoms with E-state index in [1.54, 1.807) is 6.07 Å². The first-order valence-corrected chi connectivity index (χ1v) is 4.70. The van der Waals surface area contributed by atoms with E-state index in [9.17, 15) is 0 Å². The average Bonchev–Trinajstić information content (AvgIpc) is 2.07. The predicted octanol–water partition coefficient (Wildman–Crippen LogP) is 4.57. The summed E-state index contributed by atoms with van der Waals surface area (Å²) >= 11 is 11.6. The third-order valence-electron chi connectivity index (χ3n) is 1.47. The van der Waals surface area contributed by atoms with Gasteiger partial charge in [0.25, 0.3) is 0 Å². The van der Waals surface area contributed by atoms with E-state index in [4.69, 9.17) is 23.2 Å². The first kappa shape index (κ1) is 10.4. The van der Waals surface area contributed by atoms with Gasteiger partial charge in [-0.25, -0.2) is 0 Å². The van der Waals surface area contributed by atoms with Crippen LogP contribution in [-0.2, 0) is 0 Å². The number of hydrogen-bond donors (Lipinski definition) is 0. The normalized spacial score (nSPS) is 9.23. The highest BCUT2D eigenvalue weighted by molar-refractivity contribution is 6.42. The van der Waals surface area contributed by atoms with Crippen LogP contribution in [0.4, 0.5) is 0 Å². The topological polar surface area (TPSA) is 0 Å². The third kappa shape index (κ3) is 3.28. The zero-order valence-electron chi connectivity index (χ0n) is 7.57. The van der Waals surface area contributed by atoms with Crippen molar-refractivity contribution in [3.05, 3.63) is 45.1 Å². The highest BCUT2D eigenvalue weighted by Crippen LogP contribution is 2.22. The summed E-state index contributed by atoms with van der Waals surface area (Å²) in [6, 6.07) is 5.51. The molecule has 0 radical (unpaired) electrons. The van der Waals surface area contributed by atoms with Crippen LogP contribution in [0, 0.1) is 0 Å². The van der Waals surface area contributed by atoms with Gasteiger partial charge < -0.3 is 0 Å². The number of rotatable bonds is 1. The zero-order chi connectivity index (χ0) is 9.84.